The van der Waals surface area contributed by atoms with E-state index in [9.17, 15) is 14.4 Å². The average Bonchev–Trinajstić information content (AvgIpc) is 2.63. The van der Waals surface area contributed by atoms with Gasteiger partial charge in [-0.3, -0.25) is 14.4 Å². The first-order chi connectivity index (χ1) is 15.5. The van der Waals surface area contributed by atoms with E-state index in [4.69, 9.17) is 14.2 Å². The average molecular weight is 479 g/mol. The number of carbonyl (C=O) groups excluding carboxylic acids is 3. The molecule has 194 valence electrons. The Morgan fingerprint density at radius 2 is 1.21 bits per heavy atom. The van der Waals surface area contributed by atoms with Crippen molar-refractivity contribution in [2.75, 3.05) is 0 Å². The topological polar surface area (TPSA) is 78.9 Å². The minimum absolute atomic E-state index is 0.356. The Kier molecular flexibility index (Phi) is 7.25. The Morgan fingerprint density at radius 1 is 0.794 bits per heavy atom. The van der Waals surface area contributed by atoms with Gasteiger partial charge in [-0.15, -0.1) is 0 Å². The van der Waals surface area contributed by atoms with Crippen LogP contribution in [0.2, 0.25) is 0 Å². The molecule has 6 nitrogen and oxygen atoms in total. The number of hydrogen-bond acceptors (Lipinski definition) is 6. The van der Waals surface area contributed by atoms with E-state index >= 15 is 0 Å². The van der Waals surface area contributed by atoms with Crippen molar-refractivity contribution in [2.45, 2.75) is 124 Å². The highest BCUT2D eigenvalue weighted by Gasteiger charge is 2.57. The van der Waals surface area contributed by atoms with E-state index in [-0.39, 0.29) is 5.97 Å². The van der Waals surface area contributed by atoms with Crippen LogP contribution in [0.5, 0.6) is 0 Å². The molecule has 0 saturated heterocycles. The van der Waals surface area contributed by atoms with Crippen molar-refractivity contribution in [3.05, 3.63) is 0 Å². The third kappa shape index (κ3) is 5.79. The van der Waals surface area contributed by atoms with Crippen LogP contribution in [-0.4, -0.2) is 34.7 Å². The molecule has 6 heteroatoms. The van der Waals surface area contributed by atoms with Crippen molar-refractivity contribution in [2.24, 2.45) is 35.0 Å². The van der Waals surface area contributed by atoms with Gasteiger partial charge in [-0.2, -0.15) is 0 Å². The van der Waals surface area contributed by atoms with E-state index in [1.54, 1.807) is 55.4 Å². The second-order valence-corrected chi connectivity index (χ2v) is 13.6. The molecule has 34 heavy (non-hydrogen) atoms. The molecule has 0 radical (unpaired) electrons. The molecular formula is C28H46O6. The minimum Gasteiger partial charge on any atom is -0.460 e. The largest absolute Gasteiger partial charge is 0.460 e. The summed E-state index contributed by atoms with van der Waals surface area (Å²) in [5.74, 6) is -1.42. The summed E-state index contributed by atoms with van der Waals surface area (Å²) in [7, 11) is 0. The molecule has 3 unspecified atom stereocenters. The van der Waals surface area contributed by atoms with Crippen molar-refractivity contribution >= 4 is 17.9 Å². The second-order valence-electron chi connectivity index (χ2n) is 13.6. The fourth-order valence-corrected chi connectivity index (χ4v) is 6.87. The van der Waals surface area contributed by atoms with Gasteiger partial charge in [-0.05, 0) is 111 Å². The van der Waals surface area contributed by atoms with Crippen LogP contribution in [0.4, 0.5) is 0 Å². The quantitative estimate of drug-likeness (QED) is 0.337. The Balaban J connectivity index is 1.90. The molecule has 4 aliphatic carbocycles. The fourth-order valence-electron chi connectivity index (χ4n) is 6.87. The number of carbonyl (C=O) groups is 3. The molecule has 0 amide bonds. The second kappa shape index (κ2) is 9.13. The van der Waals surface area contributed by atoms with Crippen LogP contribution in [0.15, 0.2) is 0 Å². The monoisotopic (exact) mass is 478 g/mol. The Labute approximate surface area is 205 Å². The summed E-state index contributed by atoms with van der Waals surface area (Å²) < 4.78 is 17.8. The molecule has 4 bridgehead atoms. The predicted molar refractivity (Wildman–Crippen MR) is 130 cm³/mol. The summed E-state index contributed by atoms with van der Waals surface area (Å²) >= 11 is 0. The Morgan fingerprint density at radius 3 is 1.59 bits per heavy atom. The van der Waals surface area contributed by atoms with Gasteiger partial charge in [0.1, 0.15) is 16.8 Å². The minimum atomic E-state index is -1.21. The zero-order chi connectivity index (χ0) is 25.7. The fraction of sp³-hybridized carbons (Fsp3) is 0.893. The molecule has 0 N–H and O–H groups in total. The maximum absolute atomic E-state index is 13.9. The molecule has 3 atom stereocenters. The van der Waals surface area contributed by atoms with Gasteiger partial charge in [-0.25, -0.2) is 0 Å². The lowest BCUT2D eigenvalue weighted by atomic mass is 9.54. The molecule has 4 saturated carbocycles. The first-order valence-electron chi connectivity index (χ1n) is 13.2. The summed E-state index contributed by atoms with van der Waals surface area (Å²) in [5.41, 5.74) is -3.08. The molecule has 0 aromatic carbocycles. The molecule has 0 aromatic heterocycles. The van der Waals surface area contributed by atoms with Crippen molar-refractivity contribution < 1.29 is 28.6 Å². The highest BCUT2D eigenvalue weighted by molar-refractivity contribution is 5.89. The van der Waals surface area contributed by atoms with Crippen LogP contribution in [0.25, 0.3) is 0 Å². The molecular weight excluding hydrogens is 432 g/mol. The van der Waals surface area contributed by atoms with Gasteiger partial charge < -0.3 is 14.2 Å². The van der Waals surface area contributed by atoms with E-state index in [0.29, 0.717) is 24.2 Å². The SMILES string of the molecule is CCC(C)(C(=O)OC12CC3CC(CC(C3)C1)C2)C(C(=O)OC(C)(C)C)C(C)C(=O)OC(C)(C)C. The highest BCUT2D eigenvalue weighted by Crippen LogP contribution is 2.58. The highest BCUT2D eigenvalue weighted by atomic mass is 16.6. The van der Waals surface area contributed by atoms with Crippen LogP contribution in [0, 0.1) is 35.0 Å². The van der Waals surface area contributed by atoms with Gasteiger partial charge in [0.25, 0.3) is 0 Å². The van der Waals surface area contributed by atoms with E-state index in [2.05, 4.69) is 0 Å². The van der Waals surface area contributed by atoms with Crippen molar-refractivity contribution in [1.29, 1.82) is 0 Å². The molecule has 4 aliphatic rings. The Bertz CT molecular complexity index is 765. The number of rotatable bonds is 7. The zero-order valence-electron chi connectivity index (χ0n) is 22.8. The van der Waals surface area contributed by atoms with Gasteiger partial charge in [0.15, 0.2) is 0 Å². The van der Waals surface area contributed by atoms with Crippen molar-refractivity contribution in [3.8, 4) is 0 Å². The van der Waals surface area contributed by atoms with Crippen molar-refractivity contribution in [1.82, 2.24) is 0 Å². The summed E-state index contributed by atoms with van der Waals surface area (Å²) in [5, 5.41) is 0. The first kappa shape index (κ1) is 27.0. The summed E-state index contributed by atoms with van der Waals surface area (Å²) in [6, 6.07) is 0. The summed E-state index contributed by atoms with van der Waals surface area (Å²) in [6.07, 6.45) is 6.86. The molecule has 0 spiro atoms. The van der Waals surface area contributed by atoms with Crippen LogP contribution in [0.3, 0.4) is 0 Å². The molecule has 0 aromatic rings. The van der Waals surface area contributed by atoms with Gasteiger partial charge in [0.2, 0.25) is 0 Å². The smallest absolute Gasteiger partial charge is 0.313 e. The van der Waals surface area contributed by atoms with Crippen LogP contribution in [0.1, 0.15) is 107 Å². The third-order valence-electron chi connectivity index (χ3n) is 8.12. The lowest BCUT2D eigenvalue weighted by Gasteiger charge is -2.56. The molecule has 4 fully saturated rings. The number of ether oxygens (including phenoxy) is 3. The molecule has 4 rings (SSSR count). The summed E-state index contributed by atoms with van der Waals surface area (Å²) in [6.45, 7) is 16.0. The number of esters is 3. The zero-order valence-corrected chi connectivity index (χ0v) is 22.8. The van der Waals surface area contributed by atoms with E-state index in [1.165, 1.54) is 19.3 Å². The van der Waals surface area contributed by atoms with Gasteiger partial charge >= 0.3 is 17.9 Å². The Hall–Kier alpha value is -1.59. The summed E-state index contributed by atoms with van der Waals surface area (Å²) in [4.78, 5) is 40.5. The maximum atomic E-state index is 13.9. The third-order valence-corrected chi connectivity index (χ3v) is 8.12. The van der Waals surface area contributed by atoms with Gasteiger partial charge in [0.05, 0.1) is 17.3 Å². The first-order valence-corrected chi connectivity index (χ1v) is 13.2. The molecule has 0 aliphatic heterocycles. The normalized spacial score (nSPS) is 31.9. The van der Waals surface area contributed by atoms with Crippen molar-refractivity contribution in [3.63, 3.8) is 0 Å². The van der Waals surface area contributed by atoms with Gasteiger partial charge in [-0.1, -0.05) is 13.8 Å². The van der Waals surface area contributed by atoms with E-state index in [1.807, 2.05) is 6.92 Å². The maximum Gasteiger partial charge on any atom is 0.313 e. The lowest BCUT2D eigenvalue weighted by molar-refractivity contribution is -0.206. The van der Waals surface area contributed by atoms with Crippen LogP contribution < -0.4 is 0 Å². The van der Waals surface area contributed by atoms with E-state index < -0.39 is 46.0 Å². The van der Waals surface area contributed by atoms with Gasteiger partial charge in [0, 0.05) is 0 Å². The lowest BCUT2D eigenvalue weighted by Crippen LogP contribution is -2.56. The van der Waals surface area contributed by atoms with Crippen LogP contribution >= 0.6 is 0 Å². The molecule has 0 heterocycles. The predicted octanol–water partition coefficient (Wildman–Crippen LogP) is 5.85. The standard InChI is InChI=1S/C28H46O6/c1-10-27(9,24(31)34-28-14-18-11-19(15-28)13-20(12-18)16-28)21(23(30)33-26(6,7)8)17(2)22(29)32-25(3,4)5/h17-21H,10-16H2,1-9H3. The van der Waals surface area contributed by atoms with E-state index in [0.717, 1.165) is 19.3 Å². The number of hydrogen-bond donors (Lipinski definition) is 0. The van der Waals surface area contributed by atoms with Crippen LogP contribution in [-0.2, 0) is 28.6 Å².